The van der Waals surface area contributed by atoms with Crippen molar-refractivity contribution in [1.29, 1.82) is 0 Å². The van der Waals surface area contributed by atoms with Crippen molar-refractivity contribution in [3.05, 3.63) is 59.7 Å². The van der Waals surface area contributed by atoms with E-state index in [-0.39, 0.29) is 12.3 Å². The molecule has 8 heteroatoms. The fourth-order valence-electron chi connectivity index (χ4n) is 3.53. The van der Waals surface area contributed by atoms with Crippen molar-refractivity contribution in [3.8, 4) is 0 Å². The predicted molar refractivity (Wildman–Crippen MR) is 110 cm³/mol. The zero-order chi connectivity index (χ0) is 21.7. The molecular weight excluding hydrogens is 395 g/mol. The molecule has 160 valence electrons. The number of nitrogens with one attached hydrogen (secondary N) is 2. The van der Waals surface area contributed by atoms with E-state index in [9.17, 15) is 22.8 Å². The van der Waals surface area contributed by atoms with Crippen molar-refractivity contribution in [1.82, 2.24) is 5.32 Å². The highest BCUT2D eigenvalue weighted by molar-refractivity contribution is 5.97. The smallest absolute Gasteiger partial charge is 0.371 e. The fourth-order valence-corrected chi connectivity index (χ4v) is 3.53. The van der Waals surface area contributed by atoms with Gasteiger partial charge in [0.2, 0.25) is 5.91 Å². The maximum atomic E-state index is 13.1. The number of carbonyl (C=O) groups excluding carboxylic acids is 2. The minimum Gasteiger partial charge on any atom is -0.371 e. The predicted octanol–water partition coefficient (Wildman–Crippen LogP) is 4.45. The van der Waals surface area contributed by atoms with Crippen molar-refractivity contribution in [2.24, 2.45) is 0 Å². The Bertz CT molecular complexity index is 908. The average Bonchev–Trinajstić information content (AvgIpc) is 3.22. The van der Waals surface area contributed by atoms with E-state index in [4.69, 9.17) is 0 Å². The highest BCUT2D eigenvalue weighted by atomic mass is 19.4. The molecule has 30 heavy (non-hydrogen) atoms. The van der Waals surface area contributed by atoms with E-state index < -0.39 is 29.3 Å². The number of carbonyl (C=O) groups is 2. The maximum Gasteiger partial charge on any atom is 0.417 e. The molecule has 1 aliphatic heterocycles. The van der Waals surface area contributed by atoms with E-state index in [0.717, 1.165) is 43.8 Å². The maximum absolute atomic E-state index is 13.1. The molecule has 5 nitrogen and oxygen atoms in total. The average molecular weight is 419 g/mol. The quantitative estimate of drug-likeness (QED) is 0.727. The number of hydrogen-bond acceptors (Lipinski definition) is 3. The Labute approximate surface area is 173 Å². The number of anilines is 2. The standard InChI is InChI=1S/C22H24F3N3O2/c1-15(26-21(30)18-9-2-3-10-19(18)22(23,24)25)13-20(29)27-16-7-6-8-17(14-16)28-11-4-5-12-28/h2-3,6-10,14-15H,4-5,11-13H2,1H3,(H,26,30)(H,27,29). The molecule has 0 aliphatic carbocycles. The summed E-state index contributed by atoms with van der Waals surface area (Å²) >= 11 is 0. The van der Waals surface area contributed by atoms with Gasteiger partial charge in [-0.3, -0.25) is 9.59 Å². The van der Waals surface area contributed by atoms with E-state index in [2.05, 4.69) is 15.5 Å². The molecule has 1 fully saturated rings. The Morgan fingerprint density at radius 2 is 1.77 bits per heavy atom. The van der Waals surface area contributed by atoms with Crippen LogP contribution in [-0.2, 0) is 11.0 Å². The SMILES string of the molecule is CC(CC(=O)Nc1cccc(N2CCCC2)c1)NC(=O)c1ccccc1C(F)(F)F. The molecule has 2 amide bonds. The second-order valence-electron chi connectivity index (χ2n) is 7.41. The van der Waals surface area contributed by atoms with Gasteiger partial charge in [-0.25, -0.2) is 0 Å². The van der Waals surface area contributed by atoms with Gasteiger partial charge in [-0.1, -0.05) is 18.2 Å². The third-order valence-corrected chi connectivity index (χ3v) is 4.95. The van der Waals surface area contributed by atoms with Gasteiger partial charge in [-0.05, 0) is 50.1 Å². The summed E-state index contributed by atoms with van der Waals surface area (Å²) in [4.78, 5) is 26.9. The van der Waals surface area contributed by atoms with Crippen LogP contribution in [0, 0.1) is 0 Å². The van der Waals surface area contributed by atoms with Crippen molar-refractivity contribution >= 4 is 23.2 Å². The number of hydrogen-bond donors (Lipinski definition) is 2. The molecule has 1 unspecified atom stereocenters. The molecule has 2 N–H and O–H groups in total. The van der Waals surface area contributed by atoms with E-state index >= 15 is 0 Å². The molecule has 0 saturated carbocycles. The number of benzene rings is 2. The molecule has 1 atom stereocenters. The third-order valence-electron chi connectivity index (χ3n) is 4.95. The molecule has 1 saturated heterocycles. The van der Waals surface area contributed by atoms with Crippen LogP contribution in [0.15, 0.2) is 48.5 Å². The Balaban J connectivity index is 1.58. The first-order valence-electron chi connectivity index (χ1n) is 9.86. The van der Waals surface area contributed by atoms with Crippen LogP contribution in [0.25, 0.3) is 0 Å². The van der Waals surface area contributed by atoms with Gasteiger partial charge < -0.3 is 15.5 Å². The van der Waals surface area contributed by atoms with Crippen LogP contribution in [0.3, 0.4) is 0 Å². The van der Waals surface area contributed by atoms with Gasteiger partial charge in [-0.2, -0.15) is 13.2 Å². The topological polar surface area (TPSA) is 61.4 Å². The van der Waals surface area contributed by atoms with E-state index in [1.807, 2.05) is 18.2 Å². The Hall–Kier alpha value is -3.03. The number of rotatable bonds is 6. The number of amides is 2. The second kappa shape index (κ2) is 9.19. The molecule has 2 aromatic carbocycles. The Morgan fingerprint density at radius 1 is 1.07 bits per heavy atom. The van der Waals surface area contributed by atoms with Gasteiger partial charge >= 0.3 is 6.18 Å². The van der Waals surface area contributed by atoms with Crippen molar-refractivity contribution in [2.75, 3.05) is 23.3 Å². The molecule has 2 aromatic rings. The Morgan fingerprint density at radius 3 is 2.47 bits per heavy atom. The monoisotopic (exact) mass is 419 g/mol. The summed E-state index contributed by atoms with van der Waals surface area (Å²) in [6.07, 6.45) is -2.40. The molecular formula is C22H24F3N3O2. The summed E-state index contributed by atoms with van der Waals surface area (Å²) in [6.45, 7) is 3.55. The number of alkyl halides is 3. The largest absolute Gasteiger partial charge is 0.417 e. The van der Waals surface area contributed by atoms with Gasteiger partial charge in [0.05, 0.1) is 11.1 Å². The minimum absolute atomic E-state index is 0.0616. The van der Waals surface area contributed by atoms with Crippen LogP contribution in [0.4, 0.5) is 24.5 Å². The lowest BCUT2D eigenvalue weighted by atomic mass is 10.1. The zero-order valence-electron chi connectivity index (χ0n) is 16.6. The molecule has 0 bridgehead atoms. The van der Waals surface area contributed by atoms with Crippen LogP contribution in [0.5, 0.6) is 0 Å². The van der Waals surface area contributed by atoms with Gasteiger partial charge in [-0.15, -0.1) is 0 Å². The highest BCUT2D eigenvalue weighted by Crippen LogP contribution is 2.31. The zero-order valence-corrected chi connectivity index (χ0v) is 16.6. The van der Waals surface area contributed by atoms with E-state index in [1.54, 1.807) is 13.0 Å². The summed E-state index contributed by atoms with van der Waals surface area (Å²) in [6, 6.07) is 11.5. The van der Waals surface area contributed by atoms with Gasteiger partial charge in [0, 0.05) is 36.9 Å². The van der Waals surface area contributed by atoms with Crippen LogP contribution in [0.1, 0.15) is 42.1 Å². The lowest BCUT2D eigenvalue weighted by Crippen LogP contribution is -2.36. The number of halogens is 3. The second-order valence-corrected chi connectivity index (χ2v) is 7.41. The van der Waals surface area contributed by atoms with Crippen molar-refractivity contribution in [3.63, 3.8) is 0 Å². The summed E-state index contributed by atoms with van der Waals surface area (Å²) in [5.41, 5.74) is 0.217. The summed E-state index contributed by atoms with van der Waals surface area (Å²) in [7, 11) is 0. The van der Waals surface area contributed by atoms with Crippen LogP contribution < -0.4 is 15.5 Å². The lowest BCUT2D eigenvalue weighted by Gasteiger charge is -2.19. The van der Waals surface area contributed by atoms with Crippen LogP contribution in [-0.4, -0.2) is 30.9 Å². The molecule has 1 heterocycles. The van der Waals surface area contributed by atoms with E-state index in [0.29, 0.717) is 5.69 Å². The summed E-state index contributed by atoms with van der Waals surface area (Å²) in [5, 5.41) is 5.26. The first-order valence-corrected chi connectivity index (χ1v) is 9.86. The first kappa shape index (κ1) is 21.7. The molecule has 3 rings (SSSR count). The number of nitrogens with zero attached hydrogens (tertiary/aromatic N) is 1. The lowest BCUT2D eigenvalue weighted by molar-refractivity contribution is -0.138. The minimum atomic E-state index is -4.63. The van der Waals surface area contributed by atoms with Crippen molar-refractivity contribution in [2.45, 2.75) is 38.4 Å². The Kier molecular flexibility index (Phi) is 6.64. The van der Waals surface area contributed by atoms with Gasteiger partial charge in [0.25, 0.3) is 5.91 Å². The molecule has 0 radical (unpaired) electrons. The van der Waals surface area contributed by atoms with Gasteiger partial charge in [0.15, 0.2) is 0 Å². The van der Waals surface area contributed by atoms with Crippen LogP contribution >= 0.6 is 0 Å². The van der Waals surface area contributed by atoms with Crippen LogP contribution in [0.2, 0.25) is 0 Å². The van der Waals surface area contributed by atoms with E-state index in [1.165, 1.54) is 12.1 Å². The van der Waals surface area contributed by atoms with Crippen molar-refractivity contribution < 1.29 is 22.8 Å². The first-order chi connectivity index (χ1) is 14.2. The molecule has 0 aromatic heterocycles. The molecule has 0 spiro atoms. The third kappa shape index (κ3) is 5.52. The highest BCUT2D eigenvalue weighted by Gasteiger charge is 2.35. The summed E-state index contributed by atoms with van der Waals surface area (Å²) in [5.74, 6) is -1.19. The summed E-state index contributed by atoms with van der Waals surface area (Å²) < 4.78 is 39.3. The normalized spacial score (nSPS) is 15.0. The molecule has 1 aliphatic rings. The van der Waals surface area contributed by atoms with Gasteiger partial charge in [0.1, 0.15) is 0 Å². The fraction of sp³-hybridized carbons (Fsp3) is 0.364.